The first-order valence-electron chi connectivity index (χ1n) is 0. The molecule has 0 unspecified atom stereocenters. The summed E-state index contributed by atoms with van der Waals surface area (Å²) in [5.41, 5.74) is 0. The summed E-state index contributed by atoms with van der Waals surface area (Å²) in [5, 5.41) is 0. The first kappa shape index (κ1) is 1100. The van der Waals surface area contributed by atoms with Crippen molar-refractivity contribution in [3.05, 3.63) is 0 Å². The molecule has 14 N–H and O–H groups in total. The number of hydrogen-bond donors (Lipinski definition) is 0. The van der Waals surface area contributed by atoms with Gasteiger partial charge in [-0.25, -0.2) is 0 Å². The Morgan fingerprint density at radius 2 is 0.333 bits per heavy atom. The van der Waals surface area contributed by atoms with Gasteiger partial charge in [-0.1, -0.05) is 0 Å². The van der Waals surface area contributed by atoms with Crippen LogP contribution in [0.2, 0.25) is 0 Å². The van der Waals surface area contributed by atoms with Crippen molar-refractivity contribution in [2.24, 2.45) is 0 Å². The minimum Gasteiger partial charge on any atom is -2.00 e. The first-order valence-corrected chi connectivity index (χ1v) is 0. The van der Waals surface area contributed by atoms with Crippen molar-refractivity contribution in [1.29, 1.82) is 0 Å². The number of rotatable bonds is 0. The molecule has 0 atom stereocenters. The second kappa shape index (κ2) is 776. The monoisotopic (exact) mass is 182 g/mol. The average Bonchev–Trinajstić information content (AvgIpc) is 0. The molecular formula is H14MgO7S. The quantitative estimate of drug-likeness (QED) is 0.319. The van der Waals surface area contributed by atoms with Crippen LogP contribution in [0.3, 0.4) is 0 Å². The summed E-state index contributed by atoms with van der Waals surface area (Å²) in [7, 11) is 0. The van der Waals surface area contributed by atoms with E-state index < -0.39 is 0 Å². The van der Waals surface area contributed by atoms with E-state index in [4.69, 9.17) is 0 Å². The van der Waals surface area contributed by atoms with Crippen LogP contribution in [0.4, 0.5) is 0 Å². The Labute approximate surface area is 75.2 Å². The van der Waals surface area contributed by atoms with Crippen LogP contribution in [0.5, 0.6) is 0 Å². The van der Waals surface area contributed by atoms with E-state index in [9.17, 15) is 0 Å². The summed E-state index contributed by atoms with van der Waals surface area (Å²) in [6.45, 7) is 0. The fraction of sp³-hybridized carbons (Fsp3) is 0. The molecule has 0 amide bonds. The summed E-state index contributed by atoms with van der Waals surface area (Å²) >= 11 is 0. The van der Waals surface area contributed by atoms with Gasteiger partial charge in [0.05, 0.1) is 0 Å². The molecule has 0 radical (unpaired) electrons. The van der Waals surface area contributed by atoms with E-state index in [0.717, 1.165) is 0 Å². The smallest absolute Gasteiger partial charge is 2.00 e. The maximum Gasteiger partial charge on any atom is 2.00 e. The van der Waals surface area contributed by atoms with Gasteiger partial charge in [0, 0.05) is 0 Å². The van der Waals surface area contributed by atoms with E-state index in [-0.39, 0.29) is 74.9 Å². The molecule has 0 fully saturated rings. The van der Waals surface area contributed by atoms with E-state index in [1.165, 1.54) is 0 Å². The van der Waals surface area contributed by atoms with E-state index in [2.05, 4.69) is 0 Å². The summed E-state index contributed by atoms with van der Waals surface area (Å²) in [5.74, 6) is 0. The van der Waals surface area contributed by atoms with Gasteiger partial charge in [-0.05, 0) is 0 Å². The van der Waals surface area contributed by atoms with Gasteiger partial charge in [0.25, 0.3) is 0 Å². The van der Waals surface area contributed by atoms with Crippen molar-refractivity contribution in [3.63, 3.8) is 0 Å². The predicted octanol–water partition coefficient (Wildman–Crippen LogP) is -6.16. The normalized spacial score (nSPS) is 0. The Bertz CT molecular complexity index is 8.88. The molecular weight excluding hydrogens is 168 g/mol. The third-order valence-corrected chi connectivity index (χ3v) is 0. The van der Waals surface area contributed by atoms with Gasteiger partial charge >= 0.3 is 23.1 Å². The van der Waals surface area contributed by atoms with Crippen LogP contribution in [0.1, 0.15) is 0 Å². The molecule has 9 heteroatoms. The minimum atomic E-state index is 0. The van der Waals surface area contributed by atoms with Crippen LogP contribution in [0.15, 0.2) is 0 Å². The topological polar surface area (TPSA) is 220 Å². The van der Waals surface area contributed by atoms with Crippen LogP contribution in [-0.4, -0.2) is 61.4 Å². The SMILES string of the molecule is O.O.O.O.O.O.O.[Mg+2].[S-2]. The van der Waals surface area contributed by atoms with E-state index >= 15 is 0 Å². The average molecular weight is 182 g/mol. The van der Waals surface area contributed by atoms with Gasteiger partial charge in [0.2, 0.25) is 0 Å². The van der Waals surface area contributed by atoms with Crippen molar-refractivity contribution in [2.75, 3.05) is 0 Å². The van der Waals surface area contributed by atoms with Crippen molar-refractivity contribution >= 4 is 36.5 Å². The molecule has 0 bridgehead atoms. The molecule has 0 aliphatic carbocycles. The molecule has 0 aromatic rings. The van der Waals surface area contributed by atoms with E-state index in [1.807, 2.05) is 0 Å². The third-order valence-electron chi connectivity index (χ3n) is 0. The van der Waals surface area contributed by atoms with Crippen LogP contribution in [-0.2, 0) is 13.5 Å². The number of hydrogen-bond acceptors (Lipinski definition) is 0. The molecule has 0 saturated heterocycles. The Hall–Kier alpha value is 0.836. The molecule has 64 valence electrons. The third kappa shape index (κ3) is 591. The first-order chi connectivity index (χ1) is 0. The maximum absolute atomic E-state index is 0. The maximum atomic E-state index is 0. The van der Waals surface area contributed by atoms with Crippen LogP contribution >= 0.6 is 0 Å². The molecule has 0 aliphatic heterocycles. The van der Waals surface area contributed by atoms with Gasteiger partial charge in [-0.3, -0.25) is 0 Å². The largest absolute Gasteiger partial charge is 2.00 e. The molecule has 7 nitrogen and oxygen atoms in total. The van der Waals surface area contributed by atoms with Gasteiger partial charge in [0.1, 0.15) is 0 Å². The van der Waals surface area contributed by atoms with Crippen molar-refractivity contribution in [3.8, 4) is 0 Å². The zero-order chi connectivity index (χ0) is 0. The van der Waals surface area contributed by atoms with Gasteiger partial charge in [-0.15, -0.1) is 0 Å². The van der Waals surface area contributed by atoms with E-state index in [0.29, 0.717) is 0 Å². The van der Waals surface area contributed by atoms with Crippen molar-refractivity contribution < 1.29 is 38.3 Å². The molecule has 0 spiro atoms. The second-order valence-electron chi connectivity index (χ2n) is 0. The van der Waals surface area contributed by atoms with Crippen LogP contribution in [0.25, 0.3) is 0 Å². The zero-order valence-electron chi connectivity index (χ0n) is 4.62. The van der Waals surface area contributed by atoms with E-state index in [1.54, 1.807) is 0 Å². The predicted molar refractivity (Wildman–Crippen MR) is 38.4 cm³/mol. The molecule has 9 heavy (non-hydrogen) atoms. The second-order valence-corrected chi connectivity index (χ2v) is 0. The van der Waals surface area contributed by atoms with Gasteiger partial charge in [-0.2, -0.15) is 0 Å². The molecule has 0 aliphatic rings. The minimum absolute atomic E-state index is 0. The van der Waals surface area contributed by atoms with Gasteiger partial charge in [0.15, 0.2) is 0 Å². The van der Waals surface area contributed by atoms with Crippen LogP contribution < -0.4 is 0 Å². The molecule has 0 rings (SSSR count). The Morgan fingerprint density at radius 1 is 0.333 bits per heavy atom. The Morgan fingerprint density at radius 3 is 0.333 bits per heavy atom. The molecule has 0 aromatic carbocycles. The Kier molecular flexibility index (Phi) is 94700. The fourth-order valence-corrected chi connectivity index (χ4v) is 0. The summed E-state index contributed by atoms with van der Waals surface area (Å²) in [4.78, 5) is 0. The van der Waals surface area contributed by atoms with Crippen molar-refractivity contribution in [2.45, 2.75) is 0 Å². The van der Waals surface area contributed by atoms with Crippen LogP contribution in [0, 0.1) is 0 Å². The molecule has 0 aromatic heterocycles. The summed E-state index contributed by atoms with van der Waals surface area (Å²) < 4.78 is 0. The fourth-order valence-electron chi connectivity index (χ4n) is 0. The Balaban J connectivity index is 0. The summed E-state index contributed by atoms with van der Waals surface area (Å²) in [6, 6.07) is 0. The molecule has 0 saturated carbocycles. The van der Waals surface area contributed by atoms with Crippen molar-refractivity contribution in [1.82, 2.24) is 0 Å². The standard InChI is InChI=1S/Mg.7H2O.S/h;7*1H2;/q+2;;;;;;;;-2. The zero-order valence-corrected chi connectivity index (χ0v) is 6.85. The van der Waals surface area contributed by atoms with Gasteiger partial charge < -0.3 is 51.8 Å². The molecule has 0 heterocycles. The summed E-state index contributed by atoms with van der Waals surface area (Å²) in [6.07, 6.45) is 0.